The fraction of sp³-hybridized carbons (Fsp3) is 0. The van der Waals surface area contributed by atoms with Crippen molar-refractivity contribution in [2.45, 2.75) is 0 Å². The predicted molar refractivity (Wildman–Crippen MR) is 212 cm³/mol. The summed E-state index contributed by atoms with van der Waals surface area (Å²) in [5.74, 6) is 0. The number of benzene rings is 9. The van der Waals surface area contributed by atoms with Crippen molar-refractivity contribution in [2.24, 2.45) is 0 Å². The molecule has 0 aliphatic heterocycles. The Morgan fingerprint density at radius 2 is 0.980 bits per heavy atom. The summed E-state index contributed by atoms with van der Waals surface area (Å²) in [6.07, 6.45) is 0. The Morgan fingerprint density at radius 3 is 1.63 bits per heavy atom. The molecule has 0 atom stereocenters. The van der Waals surface area contributed by atoms with Crippen molar-refractivity contribution < 1.29 is 0 Å². The molecular formula is C48H27N3. The van der Waals surface area contributed by atoms with Gasteiger partial charge in [0.15, 0.2) is 0 Å². The Balaban J connectivity index is 1.10. The highest BCUT2D eigenvalue weighted by Crippen LogP contribution is 2.45. The van der Waals surface area contributed by atoms with Gasteiger partial charge in [-0.05, 0) is 116 Å². The maximum Gasteiger partial charge on any atom is 0.0998 e. The summed E-state index contributed by atoms with van der Waals surface area (Å²) >= 11 is 0. The molecule has 0 radical (unpaired) electrons. The molecule has 0 fully saturated rings. The monoisotopic (exact) mass is 645 g/mol. The molecule has 0 saturated carbocycles. The smallest absolute Gasteiger partial charge is 0.0998 e. The molecule has 0 aliphatic carbocycles. The number of nitriles is 1. The fourth-order valence-electron chi connectivity index (χ4n) is 8.47. The van der Waals surface area contributed by atoms with Crippen LogP contribution < -0.4 is 0 Å². The van der Waals surface area contributed by atoms with Crippen LogP contribution in [0.15, 0.2) is 164 Å². The van der Waals surface area contributed by atoms with Crippen LogP contribution in [0.4, 0.5) is 0 Å². The third kappa shape index (κ3) is 4.02. The van der Waals surface area contributed by atoms with Crippen LogP contribution in [-0.4, -0.2) is 9.55 Å². The van der Waals surface area contributed by atoms with E-state index in [0.29, 0.717) is 5.56 Å². The molecular weight excluding hydrogens is 619 g/mol. The molecule has 0 amide bonds. The van der Waals surface area contributed by atoms with E-state index in [9.17, 15) is 5.26 Å². The Kier molecular flexibility index (Phi) is 5.73. The molecule has 11 rings (SSSR count). The zero-order valence-electron chi connectivity index (χ0n) is 27.4. The number of pyridine rings is 1. The number of nitrogens with zero attached hydrogens (tertiary/aromatic N) is 3. The highest BCUT2D eigenvalue weighted by atomic mass is 15.0. The van der Waals surface area contributed by atoms with Gasteiger partial charge in [0.05, 0.1) is 34.1 Å². The molecule has 11 aromatic rings. The third-order valence-corrected chi connectivity index (χ3v) is 10.7. The molecule has 2 heterocycles. The average Bonchev–Trinajstić information content (AvgIpc) is 3.54. The van der Waals surface area contributed by atoms with Crippen molar-refractivity contribution in [3.63, 3.8) is 0 Å². The molecule has 0 spiro atoms. The zero-order chi connectivity index (χ0) is 33.6. The van der Waals surface area contributed by atoms with Crippen LogP contribution in [-0.2, 0) is 0 Å². The summed E-state index contributed by atoms with van der Waals surface area (Å²) < 4.78 is 2.33. The minimum absolute atomic E-state index is 0.702. The summed E-state index contributed by atoms with van der Waals surface area (Å²) in [6, 6.07) is 60.8. The summed E-state index contributed by atoms with van der Waals surface area (Å²) in [6.45, 7) is 0. The van der Waals surface area contributed by atoms with Gasteiger partial charge in [0.25, 0.3) is 0 Å². The lowest BCUT2D eigenvalue weighted by molar-refractivity contribution is 1.18. The first-order valence-electron chi connectivity index (χ1n) is 17.3. The van der Waals surface area contributed by atoms with E-state index in [1.165, 1.54) is 54.2 Å². The van der Waals surface area contributed by atoms with Crippen LogP contribution in [0.1, 0.15) is 5.56 Å². The van der Waals surface area contributed by atoms with Crippen molar-refractivity contribution in [1.29, 1.82) is 5.26 Å². The van der Waals surface area contributed by atoms with Gasteiger partial charge >= 0.3 is 0 Å². The molecule has 0 unspecified atom stereocenters. The minimum Gasteiger partial charge on any atom is -0.309 e. The molecule has 51 heavy (non-hydrogen) atoms. The van der Waals surface area contributed by atoms with E-state index in [0.717, 1.165) is 50.0 Å². The summed E-state index contributed by atoms with van der Waals surface area (Å²) in [4.78, 5) is 5.06. The predicted octanol–water partition coefficient (Wildman–Crippen LogP) is 12.5. The van der Waals surface area contributed by atoms with Gasteiger partial charge in [-0.1, -0.05) is 97.1 Å². The van der Waals surface area contributed by atoms with E-state index in [-0.39, 0.29) is 0 Å². The lowest BCUT2D eigenvalue weighted by Gasteiger charge is -2.15. The lowest BCUT2D eigenvalue weighted by Crippen LogP contribution is -1.93. The van der Waals surface area contributed by atoms with Crippen LogP contribution in [0, 0.1) is 11.3 Å². The number of aromatic nitrogens is 2. The molecule has 0 aliphatic rings. The van der Waals surface area contributed by atoms with E-state index in [1.54, 1.807) is 0 Å². The highest BCUT2D eigenvalue weighted by Gasteiger charge is 2.21. The van der Waals surface area contributed by atoms with Gasteiger partial charge in [-0.25, -0.2) is 4.98 Å². The Morgan fingerprint density at radius 1 is 0.431 bits per heavy atom. The molecule has 3 nitrogen and oxygen atoms in total. The van der Waals surface area contributed by atoms with E-state index in [4.69, 9.17) is 4.98 Å². The first kappa shape index (κ1) is 27.9. The Bertz CT molecular complexity index is 3120. The summed E-state index contributed by atoms with van der Waals surface area (Å²) in [5.41, 5.74) is 10.6. The molecule has 3 heteroatoms. The van der Waals surface area contributed by atoms with Crippen LogP contribution in [0.25, 0.3) is 104 Å². The van der Waals surface area contributed by atoms with E-state index in [1.807, 2.05) is 18.2 Å². The van der Waals surface area contributed by atoms with Crippen molar-refractivity contribution in [3.8, 4) is 45.4 Å². The number of rotatable bonds is 4. The first-order chi connectivity index (χ1) is 25.2. The maximum atomic E-state index is 10.0. The zero-order valence-corrected chi connectivity index (χ0v) is 27.4. The highest BCUT2D eigenvalue weighted by molar-refractivity contribution is 6.28. The van der Waals surface area contributed by atoms with Crippen LogP contribution in [0.2, 0.25) is 0 Å². The second-order valence-electron chi connectivity index (χ2n) is 13.5. The van der Waals surface area contributed by atoms with Crippen LogP contribution >= 0.6 is 0 Å². The first-order valence-corrected chi connectivity index (χ1v) is 17.3. The third-order valence-electron chi connectivity index (χ3n) is 10.7. The fourth-order valence-corrected chi connectivity index (χ4v) is 8.47. The van der Waals surface area contributed by atoms with E-state index < -0.39 is 0 Å². The molecule has 0 bridgehead atoms. The Labute approximate surface area is 293 Å². The summed E-state index contributed by atoms with van der Waals surface area (Å²) in [7, 11) is 0. The van der Waals surface area contributed by atoms with E-state index in [2.05, 4.69) is 156 Å². The topological polar surface area (TPSA) is 41.6 Å². The molecule has 0 N–H and O–H groups in total. The average molecular weight is 646 g/mol. The molecule has 9 aromatic carbocycles. The summed E-state index contributed by atoms with van der Waals surface area (Å²) in [5, 5.41) is 22.0. The van der Waals surface area contributed by atoms with Crippen LogP contribution in [0.5, 0.6) is 0 Å². The van der Waals surface area contributed by atoms with Gasteiger partial charge < -0.3 is 4.57 Å². The van der Waals surface area contributed by atoms with Crippen molar-refractivity contribution in [2.75, 3.05) is 0 Å². The molecule has 234 valence electrons. The van der Waals surface area contributed by atoms with Gasteiger partial charge in [-0.3, -0.25) is 0 Å². The Hall–Kier alpha value is -7.02. The quantitative estimate of drug-likeness (QED) is 0.179. The van der Waals surface area contributed by atoms with E-state index >= 15 is 0 Å². The SMILES string of the molecule is N#Cc1ccc2c3c1ccc1c(-c4cc5ccc6cc(-c7cccc(-c8ccccc8)n7)cc7ccc(c4)c5c67)ccc(c13)n2-c1ccccc1. The van der Waals surface area contributed by atoms with Gasteiger partial charge in [0, 0.05) is 33.0 Å². The number of hydrogen-bond donors (Lipinski definition) is 0. The normalized spacial score (nSPS) is 11.9. The van der Waals surface area contributed by atoms with Gasteiger partial charge in [-0.15, -0.1) is 0 Å². The van der Waals surface area contributed by atoms with Crippen LogP contribution in [0.3, 0.4) is 0 Å². The van der Waals surface area contributed by atoms with Gasteiger partial charge in [0.1, 0.15) is 0 Å². The van der Waals surface area contributed by atoms with Crippen molar-refractivity contribution in [1.82, 2.24) is 9.55 Å². The van der Waals surface area contributed by atoms with Gasteiger partial charge in [0.2, 0.25) is 0 Å². The molecule has 2 aromatic heterocycles. The van der Waals surface area contributed by atoms with Crippen molar-refractivity contribution in [3.05, 3.63) is 169 Å². The second kappa shape index (κ2) is 10.5. The van der Waals surface area contributed by atoms with Gasteiger partial charge in [-0.2, -0.15) is 5.26 Å². The number of hydrogen-bond acceptors (Lipinski definition) is 2. The second-order valence-corrected chi connectivity index (χ2v) is 13.5. The minimum atomic E-state index is 0.702. The lowest BCUT2D eigenvalue weighted by atomic mass is 9.88. The standard InChI is InChI=1S/C48H27N3/c49-28-34-18-22-43-47-39(34)19-20-40-38(21-23-44(48(40)47)51(43)37-10-5-2-6-11-37)35-24-30-14-16-32-26-36(27-33-17-15-31(25-35)45(30)46(32)33)42-13-7-12-41(50-42)29-8-3-1-4-9-29/h1-27H. The molecule has 0 saturated heterocycles. The maximum absolute atomic E-state index is 10.0. The number of para-hydroxylation sites is 1. The largest absolute Gasteiger partial charge is 0.309 e. The van der Waals surface area contributed by atoms with Crippen molar-refractivity contribution >= 4 is 64.9 Å².